The first-order valence-electron chi connectivity index (χ1n) is 7.58. The molecule has 0 spiro atoms. The molecule has 0 saturated heterocycles. The lowest BCUT2D eigenvalue weighted by Crippen LogP contribution is -2.53. The molecule has 0 aliphatic carbocycles. The molecule has 0 aromatic carbocycles. The highest BCUT2D eigenvalue weighted by atomic mass is 16.5. The van der Waals surface area contributed by atoms with Crippen LogP contribution in [0.1, 0.15) is 46.5 Å². The average Bonchev–Trinajstić information content (AvgIpc) is 2.48. The highest BCUT2D eigenvalue weighted by Crippen LogP contribution is 2.06. The second kappa shape index (κ2) is 10.6. The second-order valence-corrected chi connectivity index (χ2v) is 5.64. The van der Waals surface area contributed by atoms with Crippen molar-refractivity contribution in [3.05, 3.63) is 0 Å². The summed E-state index contributed by atoms with van der Waals surface area (Å²) in [5.41, 5.74) is 0. The number of carboxylic acids is 1. The number of nitrogens with one attached hydrogen (secondary N) is 2. The van der Waals surface area contributed by atoms with Crippen molar-refractivity contribution < 1.29 is 29.0 Å². The number of hydrogen-bond donors (Lipinski definition) is 3. The summed E-state index contributed by atoms with van der Waals surface area (Å²) in [6, 6.07) is -1.83. The molecular weight excluding hydrogens is 304 g/mol. The number of unbranched alkanes of at least 4 members (excludes halogenated alkanes) is 1. The number of carbonyl (C=O) groups excluding carboxylic acids is 3. The van der Waals surface area contributed by atoms with Crippen LogP contribution in [0.3, 0.4) is 0 Å². The molecule has 0 saturated carbocycles. The van der Waals surface area contributed by atoms with Crippen LogP contribution in [-0.2, 0) is 23.9 Å². The molecule has 0 aromatic heterocycles. The van der Waals surface area contributed by atoms with Crippen molar-refractivity contribution in [1.29, 1.82) is 0 Å². The van der Waals surface area contributed by atoms with Crippen molar-refractivity contribution in [2.24, 2.45) is 5.92 Å². The number of rotatable bonds is 10. The lowest BCUT2D eigenvalue weighted by Gasteiger charge is -2.23. The number of ether oxygens (including phenoxy) is 1. The van der Waals surface area contributed by atoms with E-state index in [2.05, 4.69) is 15.4 Å². The molecule has 0 fully saturated rings. The first-order valence-corrected chi connectivity index (χ1v) is 7.58. The molecule has 2 atom stereocenters. The Hall–Kier alpha value is -2.12. The molecule has 8 heteroatoms. The molecule has 0 aliphatic rings. The molecule has 23 heavy (non-hydrogen) atoms. The van der Waals surface area contributed by atoms with Crippen molar-refractivity contribution >= 4 is 23.8 Å². The quantitative estimate of drug-likeness (QED) is 0.395. The number of carboxylic acid groups (broad SMARTS) is 1. The number of carbonyl (C=O) groups is 4. The molecule has 2 amide bonds. The van der Waals surface area contributed by atoms with Gasteiger partial charge in [-0.1, -0.05) is 13.8 Å². The van der Waals surface area contributed by atoms with Gasteiger partial charge in [-0.2, -0.15) is 0 Å². The molecule has 132 valence electrons. The standard InChI is InChI=1S/C15H26N2O6/c1-9(2)13(14(20)16-10(3)15(21)22)17-11(18)7-5-6-8-12(19)23-4/h9-10,13H,5-8H2,1-4H3,(H,16,20)(H,17,18)(H,21,22)/t10-,13-/m0/s1. The highest BCUT2D eigenvalue weighted by Gasteiger charge is 2.26. The largest absolute Gasteiger partial charge is 0.480 e. The van der Waals surface area contributed by atoms with Gasteiger partial charge in [0.05, 0.1) is 7.11 Å². The smallest absolute Gasteiger partial charge is 0.325 e. The first kappa shape index (κ1) is 20.9. The molecule has 0 aromatic rings. The number of aliphatic carboxylic acids is 1. The van der Waals surface area contributed by atoms with Gasteiger partial charge in [0.15, 0.2) is 0 Å². The van der Waals surface area contributed by atoms with Crippen molar-refractivity contribution in [3.8, 4) is 0 Å². The Morgan fingerprint density at radius 3 is 2.04 bits per heavy atom. The molecule has 0 radical (unpaired) electrons. The van der Waals surface area contributed by atoms with Gasteiger partial charge >= 0.3 is 11.9 Å². The van der Waals surface area contributed by atoms with Crippen LogP contribution in [0.15, 0.2) is 0 Å². The minimum atomic E-state index is -1.14. The number of amides is 2. The van der Waals surface area contributed by atoms with Crippen LogP contribution in [0.25, 0.3) is 0 Å². The molecule has 8 nitrogen and oxygen atoms in total. The minimum Gasteiger partial charge on any atom is -0.480 e. The normalized spacial score (nSPS) is 13.1. The van der Waals surface area contributed by atoms with E-state index in [0.29, 0.717) is 12.8 Å². The van der Waals surface area contributed by atoms with Crippen LogP contribution in [0.2, 0.25) is 0 Å². The summed E-state index contributed by atoms with van der Waals surface area (Å²) in [5, 5.41) is 13.7. The molecule has 0 rings (SSSR count). The van der Waals surface area contributed by atoms with Crippen molar-refractivity contribution in [1.82, 2.24) is 10.6 Å². The van der Waals surface area contributed by atoms with E-state index < -0.39 is 24.0 Å². The summed E-state index contributed by atoms with van der Waals surface area (Å²) in [6.45, 7) is 4.87. The predicted octanol–water partition coefficient (Wildman–Crippen LogP) is 0.450. The Morgan fingerprint density at radius 1 is 1.00 bits per heavy atom. The van der Waals surface area contributed by atoms with E-state index in [1.165, 1.54) is 14.0 Å². The Labute approximate surface area is 136 Å². The van der Waals surface area contributed by atoms with Crippen LogP contribution in [0.5, 0.6) is 0 Å². The van der Waals surface area contributed by atoms with Gasteiger partial charge in [0.2, 0.25) is 11.8 Å². The summed E-state index contributed by atoms with van der Waals surface area (Å²) in [6.07, 6.45) is 1.45. The summed E-state index contributed by atoms with van der Waals surface area (Å²) in [4.78, 5) is 45.6. The fraction of sp³-hybridized carbons (Fsp3) is 0.733. The molecule has 0 bridgehead atoms. The third kappa shape index (κ3) is 8.80. The summed E-state index contributed by atoms with van der Waals surface area (Å²) in [7, 11) is 1.30. The zero-order valence-electron chi connectivity index (χ0n) is 14.0. The SMILES string of the molecule is COC(=O)CCCCC(=O)N[C@H](C(=O)N[C@@H](C)C(=O)O)C(C)C. The van der Waals surface area contributed by atoms with E-state index in [1.807, 2.05) is 0 Å². The van der Waals surface area contributed by atoms with Gasteiger partial charge in [-0.3, -0.25) is 19.2 Å². The van der Waals surface area contributed by atoms with Crippen LogP contribution < -0.4 is 10.6 Å². The molecule has 0 heterocycles. The zero-order chi connectivity index (χ0) is 18.0. The molecule has 3 N–H and O–H groups in total. The fourth-order valence-electron chi connectivity index (χ4n) is 1.80. The van der Waals surface area contributed by atoms with Crippen LogP contribution in [0.4, 0.5) is 0 Å². The topological polar surface area (TPSA) is 122 Å². The summed E-state index contributed by atoms with van der Waals surface area (Å²) >= 11 is 0. The van der Waals surface area contributed by atoms with Gasteiger partial charge in [0.25, 0.3) is 0 Å². The third-order valence-corrected chi connectivity index (χ3v) is 3.26. The Kier molecular flexibility index (Phi) is 9.60. The molecule has 0 unspecified atom stereocenters. The van der Waals surface area contributed by atoms with Gasteiger partial charge in [-0.05, 0) is 25.7 Å². The number of hydrogen-bond acceptors (Lipinski definition) is 5. The van der Waals surface area contributed by atoms with E-state index in [4.69, 9.17) is 5.11 Å². The highest BCUT2D eigenvalue weighted by molar-refractivity contribution is 5.90. The van der Waals surface area contributed by atoms with E-state index >= 15 is 0 Å². The first-order chi connectivity index (χ1) is 10.7. The Bertz CT molecular complexity index is 436. The predicted molar refractivity (Wildman–Crippen MR) is 82.5 cm³/mol. The zero-order valence-corrected chi connectivity index (χ0v) is 14.0. The summed E-state index contributed by atoms with van der Waals surface area (Å²) < 4.78 is 4.50. The van der Waals surface area contributed by atoms with Crippen LogP contribution in [0, 0.1) is 5.92 Å². The minimum absolute atomic E-state index is 0.183. The van der Waals surface area contributed by atoms with E-state index in [9.17, 15) is 19.2 Å². The van der Waals surface area contributed by atoms with Gasteiger partial charge in [0, 0.05) is 12.8 Å². The summed E-state index contributed by atoms with van der Waals surface area (Å²) in [5.74, 6) is -2.50. The molecular formula is C15H26N2O6. The second-order valence-electron chi connectivity index (χ2n) is 5.64. The maximum atomic E-state index is 12.0. The Morgan fingerprint density at radius 2 is 1.57 bits per heavy atom. The van der Waals surface area contributed by atoms with Crippen molar-refractivity contribution in [2.45, 2.75) is 58.5 Å². The number of methoxy groups -OCH3 is 1. The fourth-order valence-corrected chi connectivity index (χ4v) is 1.80. The van der Waals surface area contributed by atoms with E-state index in [1.54, 1.807) is 13.8 Å². The van der Waals surface area contributed by atoms with Crippen LogP contribution >= 0.6 is 0 Å². The van der Waals surface area contributed by atoms with Gasteiger partial charge in [-0.25, -0.2) is 0 Å². The average molecular weight is 330 g/mol. The van der Waals surface area contributed by atoms with E-state index in [-0.39, 0.29) is 30.6 Å². The lowest BCUT2D eigenvalue weighted by molar-refractivity contribution is -0.142. The number of esters is 1. The maximum absolute atomic E-state index is 12.0. The van der Waals surface area contributed by atoms with E-state index in [0.717, 1.165) is 0 Å². The van der Waals surface area contributed by atoms with Crippen molar-refractivity contribution in [3.63, 3.8) is 0 Å². The van der Waals surface area contributed by atoms with Gasteiger partial charge < -0.3 is 20.5 Å². The monoisotopic (exact) mass is 330 g/mol. The molecule has 0 aliphatic heterocycles. The van der Waals surface area contributed by atoms with Crippen LogP contribution in [-0.4, -0.2) is 48.1 Å². The van der Waals surface area contributed by atoms with Gasteiger partial charge in [0.1, 0.15) is 12.1 Å². The Balaban J connectivity index is 4.35. The lowest BCUT2D eigenvalue weighted by atomic mass is 10.0. The third-order valence-electron chi connectivity index (χ3n) is 3.26. The van der Waals surface area contributed by atoms with Gasteiger partial charge in [-0.15, -0.1) is 0 Å². The maximum Gasteiger partial charge on any atom is 0.325 e. The van der Waals surface area contributed by atoms with Crippen molar-refractivity contribution in [2.75, 3.05) is 7.11 Å².